The van der Waals surface area contributed by atoms with Crippen molar-refractivity contribution in [3.8, 4) is 0 Å². The summed E-state index contributed by atoms with van der Waals surface area (Å²) >= 11 is 0. The Morgan fingerprint density at radius 2 is 2.36 bits per heavy atom. The molecule has 3 heteroatoms. The van der Waals surface area contributed by atoms with E-state index in [0.29, 0.717) is 5.92 Å². The Morgan fingerprint density at radius 1 is 1.64 bits per heavy atom. The maximum Gasteiger partial charge on any atom is 0.123 e. The lowest BCUT2D eigenvalue weighted by atomic mass is 10.2. The highest BCUT2D eigenvalue weighted by atomic mass is 15.3. The van der Waals surface area contributed by atoms with Crippen LogP contribution in [0, 0.1) is 5.92 Å². The zero-order chi connectivity index (χ0) is 8.27. The molecule has 0 saturated heterocycles. The van der Waals surface area contributed by atoms with Crippen molar-refractivity contribution in [1.29, 1.82) is 0 Å². The molecule has 0 aliphatic rings. The number of aryl methyl sites for hydroxylation is 1. The van der Waals surface area contributed by atoms with Crippen molar-refractivity contribution >= 4 is 5.82 Å². The van der Waals surface area contributed by atoms with Crippen molar-refractivity contribution in [3.05, 3.63) is 12.3 Å². The quantitative estimate of drug-likeness (QED) is 0.713. The van der Waals surface area contributed by atoms with Crippen molar-refractivity contribution in [2.24, 2.45) is 13.0 Å². The Balaban J connectivity index is 2.44. The molecule has 0 aliphatic carbocycles. The first kappa shape index (κ1) is 8.11. The summed E-state index contributed by atoms with van der Waals surface area (Å²) in [6, 6.07) is 1.97. The third-order valence-electron chi connectivity index (χ3n) is 1.51. The van der Waals surface area contributed by atoms with Crippen LogP contribution in [0.5, 0.6) is 0 Å². The van der Waals surface area contributed by atoms with Gasteiger partial charge in [0.1, 0.15) is 5.82 Å². The molecule has 0 fully saturated rings. The molecule has 0 unspecified atom stereocenters. The first-order chi connectivity index (χ1) is 5.20. The van der Waals surface area contributed by atoms with Crippen molar-refractivity contribution in [1.82, 2.24) is 9.78 Å². The van der Waals surface area contributed by atoms with Gasteiger partial charge in [0, 0.05) is 19.7 Å². The van der Waals surface area contributed by atoms with Gasteiger partial charge in [-0.3, -0.25) is 4.68 Å². The molecule has 1 N–H and O–H groups in total. The highest BCUT2D eigenvalue weighted by molar-refractivity contribution is 5.33. The molecule has 0 saturated carbocycles. The normalized spacial score (nSPS) is 10.5. The number of aromatic nitrogens is 2. The van der Waals surface area contributed by atoms with Gasteiger partial charge in [-0.05, 0) is 5.92 Å². The molecule has 0 aromatic carbocycles. The van der Waals surface area contributed by atoms with Crippen molar-refractivity contribution in [3.63, 3.8) is 0 Å². The number of anilines is 1. The van der Waals surface area contributed by atoms with Crippen LogP contribution >= 0.6 is 0 Å². The predicted molar refractivity (Wildman–Crippen MR) is 46.5 cm³/mol. The molecule has 0 amide bonds. The molecular weight excluding hydrogens is 138 g/mol. The van der Waals surface area contributed by atoms with Gasteiger partial charge in [0.05, 0.1) is 6.20 Å². The molecule has 1 aromatic rings. The van der Waals surface area contributed by atoms with Crippen LogP contribution < -0.4 is 5.32 Å². The lowest BCUT2D eigenvalue weighted by Gasteiger charge is -2.07. The Bertz CT molecular complexity index is 215. The van der Waals surface area contributed by atoms with E-state index in [-0.39, 0.29) is 0 Å². The summed E-state index contributed by atoms with van der Waals surface area (Å²) in [5, 5.41) is 7.34. The van der Waals surface area contributed by atoms with E-state index in [2.05, 4.69) is 24.3 Å². The van der Waals surface area contributed by atoms with Crippen molar-refractivity contribution in [2.75, 3.05) is 11.9 Å². The average molecular weight is 153 g/mol. The van der Waals surface area contributed by atoms with Crippen LogP contribution in [0.2, 0.25) is 0 Å². The average Bonchev–Trinajstić information content (AvgIpc) is 2.31. The van der Waals surface area contributed by atoms with Gasteiger partial charge in [-0.2, -0.15) is 5.10 Å². The van der Waals surface area contributed by atoms with Gasteiger partial charge in [0.25, 0.3) is 0 Å². The SMILES string of the molecule is CC(C)CNc1ccnn1C. The second-order valence-corrected chi connectivity index (χ2v) is 3.11. The summed E-state index contributed by atoms with van der Waals surface area (Å²) in [6.07, 6.45) is 1.79. The highest BCUT2D eigenvalue weighted by Gasteiger charge is 1.97. The Hall–Kier alpha value is -0.990. The van der Waals surface area contributed by atoms with E-state index < -0.39 is 0 Å². The van der Waals surface area contributed by atoms with Crippen LogP contribution in [0.3, 0.4) is 0 Å². The minimum atomic E-state index is 0.671. The van der Waals surface area contributed by atoms with Gasteiger partial charge in [-0.15, -0.1) is 0 Å². The van der Waals surface area contributed by atoms with Crippen LogP contribution in [0.25, 0.3) is 0 Å². The van der Waals surface area contributed by atoms with E-state index in [9.17, 15) is 0 Å². The molecule has 0 bridgehead atoms. The minimum Gasteiger partial charge on any atom is -0.370 e. The van der Waals surface area contributed by atoms with Gasteiger partial charge in [-0.1, -0.05) is 13.8 Å². The Morgan fingerprint density at radius 3 is 2.82 bits per heavy atom. The van der Waals surface area contributed by atoms with Gasteiger partial charge in [0.2, 0.25) is 0 Å². The van der Waals surface area contributed by atoms with Crippen LogP contribution in [0.15, 0.2) is 12.3 Å². The lowest BCUT2D eigenvalue weighted by molar-refractivity contribution is 0.676. The Labute approximate surface area is 67.4 Å². The first-order valence-corrected chi connectivity index (χ1v) is 3.92. The minimum absolute atomic E-state index is 0.671. The van der Waals surface area contributed by atoms with Gasteiger partial charge in [0.15, 0.2) is 0 Å². The number of hydrogen-bond acceptors (Lipinski definition) is 2. The molecule has 0 radical (unpaired) electrons. The smallest absolute Gasteiger partial charge is 0.123 e. The van der Waals surface area contributed by atoms with Gasteiger partial charge < -0.3 is 5.32 Å². The van der Waals surface area contributed by atoms with E-state index in [1.807, 2.05) is 17.8 Å². The maximum absolute atomic E-state index is 4.05. The second-order valence-electron chi connectivity index (χ2n) is 3.11. The zero-order valence-electron chi connectivity index (χ0n) is 7.33. The zero-order valence-corrected chi connectivity index (χ0v) is 7.33. The first-order valence-electron chi connectivity index (χ1n) is 3.92. The third-order valence-corrected chi connectivity index (χ3v) is 1.51. The maximum atomic E-state index is 4.05. The molecule has 1 rings (SSSR count). The summed E-state index contributed by atoms with van der Waals surface area (Å²) in [7, 11) is 1.93. The summed E-state index contributed by atoms with van der Waals surface area (Å²) in [4.78, 5) is 0. The fraction of sp³-hybridized carbons (Fsp3) is 0.625. The fourth-order valence-corrected chi connectivity index (χ4v) is 0.856. The van der Waals surface area contributed by atoms with Crippen LogP contribution in [-0.2, 0) is 7.05 Å². The van der Waals surface area contributed by atoms with E-state index in [1.54, 1.807) is 6.20 Å². The van der Waals surface area contributed by atoms with Crippen LogP contribution in [0.1, 0.15) is 13.8 Å². The Kier molecular flexibility index (Phi) is 2.52. The summed E-state index contributed by atoms with van der Waals surface area (Å²) in [5.41, 5.74) is 0. The summed E-state index contributed by atoms with van der Waals surface area (Å²) in [6.45, 7) is 5.37. The topological polar surface area (TPSA) is 29.9 Å². The number of rotatable bonds is 3. The predicted octanol–water partition coefficient (Wildman–Crippen LogP) is 1.49. The molecule has 3 nitrogen and oxygen atoms in total. The lowest BCUT2D eigenvalue weighted by Crippen LogP contribution is -2.10. The monoisotopic (exact) mass is 153 g/mol. The molecule has 0 atom stereocenters. The van der Waals surface area contributed by atoms with Crippen molar-refractivity contribution < 1.29 is 0 Å². The molecule has 0 aliphatic heterocycles. The second kappa shape index (κ2) is 3.42. The summed E-state index contributed by atoms with van der Waals surface area (Å²) < 4.78 is 1.84. The van der Waals surface area contributed by atoms with E-state index in [0.717, 1.165) is 12.4 Å². The molecule has 62 valence electrons. The fourth-order valence-electron chi connectivity index (χ4n) is 0.856. The molecule has 0 spiro atoms. The van der Waals surface area contributed by atoms with Gasteiger partial charge >= 0.3 is 0 Å². The van der Waals surface area contributed by atoms with E-state index >= 15 is 0 Å². The van der Waals surface area contributed by atoms with E-state index in [4.69, 9.17) is 0 Å². The standard InChI is InChI=1S/C8H15N3/c1-7(2)6-9-8-4-5-10-11(8)3/h4-5,7,9H,6H2,1-3H3. The third kappa shape index (κ3) is 2.26. The van der Waals surface area contributed by atoms with Crippen LogP contribution in [-0.4, -0.2) is 16.3 Å². The number of nitrogens with zero attached hydrogens (tertiary/aromatic N) is 2. The van der Waals surface area contributed by atoms with Crippen LogP contribution in [0.4, 0.5) is 5.82 Å². The number of hydrogen-bond donors (Lipinski definition) is 1. The van der Waals surface area contributed by atoms with Gasteiger partial charge in [-0.25, -0.2) is 0 Å². The van der Waals surface area contributed by atoms with E-state index in [1.165, 1.54) is 0 Å². The molecule has 11 heavy (non-hydrogen) atoms. The summed E-state index contributed by atoms with van der Waals surface area (Å²) in [5.74, 6) is 1.75. The number of nitrogens with one attached hydrogen (secondary N) is 1. The van der Waals surface area contributed by atoms with Crippen molar-refractivity contribution in [2.45, 2.75) is 13.8 Å². The highest BCUT2D eigenvalue weighted by Crippen LogP contribution is 2.03. The molecule has 1 heterocycles. The molecule has 1 aromatic heterocycles. The molecular formula is C8H15N3. The largest absolute Gasteiger partial charge is 0.370 e.